The van der Waals surface area contributed by atoms with Gasteiger partial charge in [0.05, 0.1) is 19.8 Å². The van der Waals surface area contributed by atoms with Gasteiger partial charge in [0.2, 0.25) is 0 Å². The molecule has 0 atom stereocenters. The average molecular weight is 523 g/mol. The summed E-state index contributed by atoms with van der Waals surface area (Å²) in [7, 11) is 0. The molecule has 0 bridgehead atoms. The van der Waals surface area contributed by atoms with Crippen molar-refractivity contribution >= 4 is 0 Å². The lowest BCUT2D eigenvalue weighted by molar-refractivity contribution is -0.176. The number of allylic oxidation sites excluding steroid dienone is 1. The lowest BCUT2D eigenvalue weighted by atomic mass is 9.64. The number of rotatable bonds is 11. The second kappa shape index (κ2) is 15.7. The zero-order chi connectivity index (χ0) is 25.9. The van der Waals surface area contributed by atoms with Crippen LogP contribution in [-0.2, 0) is 14.2 Å². The highest BCUT2D eigenvalue weighted by molar-refractivity contribution is 4.89. The van der Waals surface area contributed by atoms with Gasteiger partial charge >= 0.3 is 0 Å². The standard InChI is InChI=1S/C32H52F2O3/c1-2-35-21-3-4-32-36-22-26(23-37-32)6-5-24-7-12-27(13-8-24)29-16-18-30(19-17-29)28-14-9-25(10-15-28)11-20-31(33)34/h3-4,20,24-30,32H,2,5-19,21-23H2,1H3. The average Bonchev–Trinajstić information content (AvgIpc) is 2.94. The van der Waals surface area contributed by atoms with Crippen LogP contribution < -0.4 is 0 Å². The summed E-state index contributed by atoms with van der Waals surface area (Å²) in [6, 6.07) is 0. The van der Waals surface area contributed by atoms with E-state index in [0.717, 1.165) is 68.3 Å². The fourth-order valence-electron chi connectivity index (χ4n) is 7.85. The van der Waals surface area contributed by atoms with Gasteiger partial charge in [0.1, 0.15) is 0 Å². The molecule has 3 aliphatic carbocycles. The highest BCUT2D eigenvalue weighted by Crippen LogP contribution is 2.46. The van der Waals surface area contributed by atoms with Crippen LogP contribution in [0, 0.1) is 41.4 Å². The van der Waals surface area contributed by atoms with Gasteiger partial charge in [-0.3, -0.25) is 0 Å². The van der Waals surface area contributed by atoms with E-state index in [9.17, 15) is 8.78 Å². The molecule has 3 nitrogen and oxygen atoms in total. The van der Waals surface area contributed by atoms with E-state index in [1.165, 1.54) is 77.0 Å². The van der Waals surface area contributed by atoms with Crippen LogP contribution in [0.2, 0.25) is 0 Å². The maximum absolute atomic E-state index is 12.4. The third kappa shape index (κ3) is 9.72. The molecule has 1 saturated heterocycles. The predicted octanol–water partition coefficient (Wildman–Crippen LogP) is 8.94. The lowest BCUT2D eigenvalue weighted by Gasteiger charge is -2.41. The molecule has 4 aliphatic rings. The SMILES string of the molecule is CCOCC=CC1OCC(CCC2CCC(C3CCC(C4CCC(CC=C(F)F)CC4)CC3)CC2)CO1. The van der Waals surface area contributed by atoms with Crippen LogP contribution in [0.15, 0.2) is 24.3 Å². The largest absolute Gasteiger partial charge is 0.378 e. The molecule has 4 rings (SSSR count). The number of hydrogen-bond acceptors (Lipinski definition) is 3. The maximum Gasteiger partial charge on any atom is 0.266 e. The molecule has 0 spiro atoms. The zero-order valence-electron chi connectivity index (χ0n) is 23.3. The number of hydrogen-bond donors (Lipinski definition) is 0. The normalized spacial score (nSPS) is 37.5. The van der Waals surface area contributed by atoms with Crippen LogP contribution in [0.1, 0.15) is 103 Å². The van der Waals surface area contributed by atoms with Crippen molar-refractivity contribution in [3.8, 4) is 0 Å². The first-order valence-electron chi connectivity index (χ1n) is 15.6. The molecular weight excluding hydrogens is 470 g/mol. The monoisotopic (exact) mass is 522 g/mol. The van der Waals surface area contributed by atoms with Gasteiger partial charge in [0, 0.05) is 12.5 Å². The summed E-state index contributed by atoms with van der Waals surface area (Å²) in [4.78, 5) is 0. The van der Waals surface area contributed by atoms with E-state index in [2.05, 4.69) is 0 Å². The minimum Gasteiger partial charge on any atom is -0.378 e. The number of ether oxygens (including phenoxy) is 3. The van der Waals surface area contributed by atoms with Gasteiger partial charge in [-0.15, -0.1) is 0 Å². The summed E-state index contributed by atoms with van der Waals surface area (Å²) in [5.41, 5.74) is 0. The second-order valence-corrected chi connectivity index (χ2v) is 12.5. The Morgan fingerprint density at radius 1 is 0.703 bits per heavy atom. The molecule has 0 unspecified atom stereocenters. The van der Waals surface area contributed by atoms with Crippen LogP contribution in [0.25, 0.3) is 0 Å². The molecule has 0 aromatic carbocycles. The van der Waals surface area contributed by atoms with Gasteiger partial charge in [-0.1, -0.05) is 25.3 Å². The molecule has 1 aliphatic heterocycles. The Balaban J connectivity index is 1.05. The van der Waals surface area contributed by atoms with Crippen molar-refractivity contribution in [1.82, 2.24) is 0 Å². The van der Waals surface area contributed by atoms with Crippen LogP contribution in [0.5, 0.6) is 0 Å². The van der Waals surface area contributed by atoms with Gasteiger partial charge in [-0.25, -0.2) is 0 Å². The summed E-state index contributed by atoms with van der Waals surface area (Å²) < 4.78 is 41.9. The number of halogens is 2. The molecular formula is C32H52F2O3. The molecule has 4 fully saturated rings. The second-order valence-electron chi connectivity index (χ2n) is 12.5. The highest BCUT2D eigenvalue weighted by atomic mass is 19.3. The lowest BCUT2D eigenvalue weighted by Crippen LogP contribution is -2.32. The van der Waals surface area contributed by atoms with E-state index in [0.29, 0.717) is 24.9 Å². The van der Waals surface area contributed by atoms with Crippen molar-refractivity contribution in [3.05, 3.63) is 24.3 Å². The Bertz CT molecular complexity index is 674. The molecule has 37 heavy (non-hydrogen) atoms. The summed E-state index contributed by atoms with van der Waals surface area (Å²) in [5, 5.41) is 0. The van der Waals surface area contributed by atoms with E-state index in [-0.39, 0.29) is 6.29 Å². The van der Waals surface area contributed by atoms with Crippen LogP contribution in [-0.4, -0.2) is 32.7 Å². The van der Waals surface area contributed by atoms with Gasteiger partial charge in [-0.05, 0) is 132 Å². The smallest absolute Gasteiger partial charge is 0.266 e. The fraction of sp³-hybridized carbons (Fsp3) is 0.875. The third-order valence-corrected chi connectivity index (χ3v) is 10.2. The topological polar surface area (TPSA) is 27.7 Å². The van der Waals surface area contributed by atoms with Gasteiger partial charge in [0.25, 0.3) is 6.08 Å². The summed E-state index contributed by atoms with van der Waals surface area (Å²) in [6.07, 6.45) is 22.8. The Labute approximate surface area is 224 Å². The molecule has 0 radical (unpaired) electrons. The summed E-state index contributed by atoms with van der Waals surface area (Å²) >= 11 is 0. The predicted molar refractivity (Wildman–Crippen MR) is 145 cm³/mol. The first-order chi connectivity index (χ1) is 18.1. The van der Waals surface area contributed by atoms with E-state index in [1.807, 2.05) is 19.1 Å². The van der Waals surface area contributed by atoms with Crippen molar-refractivity contribution in [3.63, 3.8) is 0 Å². The molecule has 0 aromatic rings. The first-order valence-corrected chi connectivity index (χ1v) is 15.6. The van der Waals surface area contributed by atoms with Crippen LogP contribution in [0.4, 0.5) is 8.78 Å². The van der Waals surface area contributed by atoms with E-state index < -0.39 is 6.08 Å². The van der Waals surface area contributed by atoms with Crippen molar-refractivity contribution in [2.45, 2.75) is 110 Å². The Hall–Kier alpha value is -0.780. The maximum atomic E-state index is 12.4. The van der Waals surface area contributed by atoms with E-state index in [4.69, 9.17) is 14.2 Å². The van der Waals surface area contributed by atoms with Crippen molar-refractivity contribution in [1.29, 1.82) is 0 Å². The zero-order valence-corrected chi connectivity index (χ0v) is 23.3. The van der Waals surface area contributed by atoms with E-state index in [1.54, 1.807) is 0 Å². The summed E-state index contributed by atoms with van der Waals surface area (Å²) in [5.74, 6) is 5.61. The van der Waals surface area contributed by atoms with E-state index >= 15 is 0 Å². The minimum atomic E-state index is -1.50. The van der Waals surface area contributed by atoms with Gasteiger partial charge in [-0.2, -0.15) is 8.78 Å². The molecule has 0 amide bonds. The van der Waals surface area contributed by atoms with Crippen molar-refractivity contribution < 1.29 is 23.0 Å². The Morgan fingerprint density at radius 2 is 1.19 bits per heavy atom. The fourth-order valence-corrected chi connectivity index (χ4v) is 7.85. The van der Waals surface area contributed by atoms with Crippen molar-refractivity contribution in [2.24, 2.45) is 41.4 Å². The third-order valence-electron chi connectivity index (χ3n) is 10.2. The molecule has 0 aromatic heterocycles. The van der Waals surface area contributed by atoms with Crippen LogP contribution in [0.3, 0.4) is 0 Å². The minimum absolute atomic E-state index is 0.201. The molecule has 212 valence electrons. The summed E-state index contributed by atoms with van der Waals surface area (Å²) in [6.45, 7) is 4.99. The first kappa shape index (κ1) is 29.2. The van der Waals surface area contributed by atoms with Crippen LogP contribution >= 0.6 is 0 Å². The highest BCUT2D eigenvalue weighted by Gasteiger charge is 2.34. The molecule has 3 saturated carbocycles. The molecule has 0 N–H and O–H groups in total. The Kier molecular flexibility index (Phi) is 12.4. The van der Waals surface area contributed by atoms with Crippen molar-refractivity contribution in [2.75, 3.05) is 26.4 Å². The van der Waals surface area contributed by atoms with Gasteiger partial charge < -0.3 is 14.2 Å². The molecule has 5 heteroatoms. The molecule has 1 heterocycles. The quantitative estimate of drug-likeness (QED) is 0.200. The Morgan fingerprint density at radius 3 is 1.70 bits per heavy atom. The van der Waals surface area contributed by atoms with Gasteiger partial charge in [0.15, 0.2) is 6.29 Å².